The first kappa shape index (κ1) is 13.8. The Bertz CT molecular complexity index is 543. The molecule has 0 aliphatic rings. The Hall–Kier alpha value is -1.65. The van der Waals surface area contributed by atoms with Crippen LogP contribution in [0.1, 0.15) is 18.2 Å². The summed E-state index contributed by atoms with van der Waals surface area (Å²) in [6.45, 7) is 5.63. The molecule has 0 bridgehead atoms. The lowest BCUT2D eigenvalue weighted by Crippen LogP contribution is -2.13. The molecule has 1 heterocycles. The summed E-state index contributed by atoms with van der Waals surface area (Å²) in [5, 5.41) is 3.75. The van der Waals surface area contributed by atoms with Gasteiger partial charge >= 0.3 is 0 Å². The van der Waals surface area contributed by atoms with Gasteiger partial charge in [-0.15, -0.1) is 0 Å². The average Bonchev–Trinajstić information content (AvgIpc) is 2.42. The van der Waals surface area contributed by atoms with E-state index in [1.807, 2.05) is 26.0 Å². The predicted molar refractivity (Wildman–Crippen MR) is 75.7 cm³/mol. The van der Waals surface area contributed by atoms with Crippen molar-refractivity contribution < 1.29 is 4.74 Å². The molecule has 1 aromatic carbocycles. The summed E-state index contributed by atoms with van der Waals surface area (Å²) in [5.41, 5.74) is 1.96. The molecular formula is C14H16ClN3O. The number of aryl methyl sites for hydroxylation is 1. The first-order valence-corrected chi connectivity index (χ1v) is 6.52. The van der Waals surface area contributed by atoms with E-state index >= 15 is 0 Å². The Morgan fingerprint density at radius 2 is 2.11 bits per heavy atom. The van der Waals surface area contributed by atoms with E-state index < -0.39 is 0 Å². The number of aromatic nitrogens is 2. The zero-order chi connectivity index (χ0) is 13.7. The topological polar surface area (TPSA) is 47.0 Å². The van der Waals surface area contributed by atoms with Crippen molar-refractivity contribution in [1.82, 2.24) is 15.3 Å². The molecule has 0 amide bonds. The van der Waals surface area contributed by atoms with Gasteiger partial charge in [0, 0.05) is 6.54 Å². The van der Waals surface area contributed by atoms with E-state index in [9.17, 15) is 0 Å². The second-order valence-electron chi connectivity index (χ2n) is 4.16. The number of halogens is 1. The van der Waals surface area contributed by atoms with E-state index in [0.29, 0.717) is 23.2 Å². The lowest BCUT2D eigenvalue weighted by atomic mass is 10.2. The summed E-state index contributed by atoms with van der Waals surface area (Å²) >= 11 is 6.06. The van der Waals surface area contributed by atoms with E-state index in [2.05, 4.69) is 15.3 Å². The molecule has 4 nitrogen and oxygen atoms in total. The highest BCUT2D eigenvalue weighted by molar-refractivity contribution is 6.32. The number of hydrogen-bond acceptors (Lipinski definition) is 4. The van der Waals surface area contributed by atoms with E-state index in [0.717, 1.165) is 17.8 Å². The Balaban J connectivity index is 2.08. The smallest absolute Gasteiger partial charge is 0.237 e. The van der Waals surface area contributed by atoms with Crippen LogP contribution in [0.15, 0.2) is 30.6 Å². The molecule has 0 atom stereocenters. The first-order chi connectivity index (χ1) is 9.19. The van der Waals surface area contributed by atoms with Crippen molar-refractivity contribution in [3.63, 3.8) is 0 Å². The lowest BCUT2D eigenvalue weighted by molar-refractivity contribution is 0.458. The van der Waals surface area contributed by atoms with Crippen molar-refractivity contribution in [3.05, 3.63) is 46.9 Å². The molecule has 0 fully saturated rings. The van der Waals surface area contributed by atoms with E-state index in [1.54, 1.807) is 18.5 Å². The maximum absolute atomic E-state index is 6.06. The fourth-order valence-corrected chi connectivity index (χ4v) is 1.70. The molecular weight excluding hydrogens is 262 g/mol. The van der Waals surface area contributed by atoms with Gasteiger partial charge in [0.1, 0.15) is 5.75 Å². The summed E-state index contributed by atoms with van der Waals surface area (Å²) < 4.78 is 5.62. The average molecular weight is 278 g/mol. The third-order valence-electron chi connectivity index (χ3n) is 2.54. The quantitative estimate of drug-likeness (QED) is 0.910. The van der Waals surface area contributed by atoms with Crippen LogP contribution in [0.2, 0.25) is 5.02 Å². The van der Waals surface area contributed by atoms with Gasteiger partial charge in [-0.3, -0.25) is 4.98 Å². The minimum atomic E-state index is 0.438. The first-order valence-electron chi connectivity index (χ1n) is 6.14. The molecule has 0 aliphatic heterocycles. The van der Waals surface area contributed by atoms with Crippen molar-refractivity contribution in [2.24, 2.45) is 0 Å². The summed E-state index contributed by atoms with van der Waals surface area (Å²) in [5.74, 6) is 1.03. The number of nitrogens with one attached hydrogen (secondary N) is 1. The molecule has 1 N–H and O–H groups in total. The van der Waals surface area contributed by atoms with Crippen molar-refractivity contribution in [2.75, 3.05) is 6.54 Å². The zero-order valence-electron chi connectivity index (χ0n) is 11.0. The summed E-state index contributed by atoms with van der Waals surface area (Å²) in [6.07, 6.45) is 3.30. The van der Waals surface area contributed by atoms with Crippen LogP contribution >= 0.6 is 11.6 Å². The third-order valence-corrected chi connectivity index (χ3v) is 2.85. The molecule has 2 rings (SSSR count). The van der Waals surface area contributed by atoms with E-state index in [1.165, 1.54) is 0 Å². The van der Waals surface area contributed by atoms with Crippen LogP contribution in [-0.2, 0) is 6.54 Å². The standard InChI is InChI=1S/C14H16ClN3O/c1-3-16-7-11-8-18-14(9-17-11)19-13-6-10(2)4-5-12(13)15/h4-6,8-9,16H,3,7H2,1-2H3. The molecule has 19 heavy (non-hydrogen) atoms. The minimum absolute atomic E-state index is 0.438. The van der Waals surface area contributed by atoms with Crippen LogP contribution in [0.25, 0.3) is 0 Å². The van der Waals surface area contributed by atoms with Gasteiger partial charge in [0.05, 0.1) is 23.1 Å². The molecule has 0 unspecified atom stereocenters. The molecule has 100 valence electrons. The number of hydrogen-bond donors (Lipinski definition) is 1. The highest BCUT2D eigenvalue weighted by Gasteiger charge is 2.05. The molecule has 0 saturated heterocycles. The van der Waals surface area contributed by atoms with Gasteiger partial charge in [-0.1, -0.05) is 24.6 Å². The summed E-state index contributed by atoms with van der Waals surface area (Å²) in [7, 11) is 0. The fraction of sp³-hybridized carbons (Fsp3) is 0.286. The zero-order valence-corrected chi connectivity index (χ0v) is 11.7. The van der Waals surface area contributed by atoms with Crippen LogP contribution in [0.4, 0.5) is 0 Å². The highest BCUT2D eigenvalue weighted by Crippen LogP contribution is 2.28. The number of nitrogens with zero attached hydrogens (tertiary/aromatic N) is 2. The molecule has 1 aromatic heterocycles. The molecule has 0 spiro atoms. The van der Waals surface area contributed by atoms with Crippen LogP contribution in [0.5, 0.6) is 11.6 Å². The van der Waals surface area contributed by atoms with Crippen molar-refractivity contribution in [3.8, 4) is 11.6 Å². The van der Waals surface area contributed by atoms with Gasteiger partial charge in [0.25, 0.3) is 0 Å². The van der Waals surface area contributed by atoms with Crippen molar-refractivity contribution in [2.45, 2.75) is 20.4 Å². The minimum Gasteiger partial charge on any atom is -0.436 e. The van der Waals surface area contributed by atoms with Gasteiger partial charge in [-0.2, -0.15) is 0 Å². The SMILES string of the molecule is CCNCc1cnc(Oc2cc(C)ccc2Cl)cn1. The van der Waals surface area contributed by atoms with Crippen molar-refractivity contribution >= 4 is 11.6 Å². The molecule has 0 saturated carbocycles. The van der Waals surface area contributed by atoms with E-state index in [4.69, 9.17) is 16.3 Å². The second kappa shape index (κ2) is 6.50. The number of ether oxygens (including phenoxy) is 1. The van der Waals surface area contributed by atoms with Gasteiger partial charge in [-0.25, -0.2) is 4.98 Å². The van der Waals surface area contributed by atoms with Crippen LogP contribution in [0.3, 0.4) is 0 Å². The Morgan fingerprint density at radius 1 is 1.26 bits per heavy atom. The van der Waals surface area contributed by atoms with Gasteiger partial charge in [-0.05, 0) is 31.2 Å². The maximum Gasteiger partial charge on any atom is 0.237 e. The number of benzene rings is 1. The molecule has 0 radical (unpaired) electrons. The Labute approximate surface area is 117 Å². The number of rotatable bonds is 5. The largest absolute Gasteiger partial charge is 0.436 e. The van der Waals surface area contributed by atoms with E-state index in [-0.39, 0.29) is 0 Å². The Kier molecular flexibility index (Phi) is 4.71. The maximum atomic E-state index is 6.06. The van der Waals surface area contributed by atoms with Gasteiger partial charge < -0.3 is 10.1 Å². The van der Waals surface area contributed by atoms with Gasteiger partial charge in [0.15, 0.2) is 0 Å². The summed E-state index contributed by atoms with van der Waals surface area (Å²) in [4.78, 5) is 8.49. The molecule has 0 aliphatic carbocycles. The monoisotopic (exact) mass is 277 g/mol. The second-order valence-corrected chi connectivity index (χ2v) is 4.57. The lowest BCUT2D eigenvalue weighted by Gasteiger charge is -2.07. The van der Waals surface area contributed by atoms with Crippen molar-refractivity contribution in [1.29, 1.82) is 0 Å². The Morgan fingerprint density at radius 3 is 2.79 bits per heavy atom. The van der Waals surface area contributed by atoms with Gasteiger partial charge in [0.2, 0.25) is 5.88 Å². The van der Waals surface area contributed by atoms with Crippen LogP contribution in [0, 0.1) is 6.92 Å². The summed E-state index contributed by atoms with van der Waals surface area (Å²) in [6, 6.07) is 5.61. The molecule has 2 aromatic rings. The highest BCUT2D eigenvalue weighted by atomic mass is 35.5. The predicted octanol–water partition coefficient (Wildman–Crippen LogP) is 3.34. The third kappa shape index (κ3) is 3.91. The fourth-order valence-electron chi connectivity index (χ4n) is 1.54. The molecule has 5 heteroatoms. The van der Waals surface area contributed by atoms with Crippen LogP contribution < -0.4 is 10.1 Å². The van der Waals surface area contributed by atoms with Crippen LogP contribution in [-0.4, -0.2) is 16.5 Å². The normalized spacial score (nSPS) is 10.5.